The maximum atomic E-state index is 13.5. The molecule has 0 bridgehead atoms. The lowest BCUT2D eigenvalue weighted by Crippen LogP contribution is -2.71. The van der Waals surface area contributed by atoms with Crippen LogP contribution in [0.2, 0.25) is 0 Å². The molecule has 11 rings (SSSR count). The van der Waals surface area contributed by atoms with Gasteiger partial charge in [0, 0.05) is 27.7 Å². The first-order valence-electron chi connectivity index (χ1n) is 44.6. The fourth-order valence-electron chi connectivity index (χ4n) is 17.9. The van der Waals surface area contributed by atoms with Crippen molar-refractivity contribution in [2.75, 3.05) is 72.7 Å². The highest BCUT2D eigenvalue weighted by Crippen LogP contribution is 2.43. The first-order valence-corrected chi connectivity index (χ1v) is 44.6. The van der Waals surface area contributed by atoms with Gasteiger partial charge < -0.3 is 279 Å². The summed E-state index contributed by atoms with van der Waals surface area (Å²) in [5, 5.41) is 339. The highest BCUT2D eigenvalue weighted by Gasteiger charge is 2.63. The fourth-order valence-corrected chi connectivity index (χ4v) is 17.9. The van der Waals surface area contributed by atoms with Gasteiger partial charge in [0.2, 0.25) is 30.0 Å². The summed E-state index contributed by atoms with van der Waals surface area (Å²) >= 11 is 0. The zero-order valence-electron chi connectivity index (χ0n) is 75.2. The zero-order valence-corrected chi connectivity index (χ0v) is 75.2. The van der Waals surface area contributed by atoms with Crippen LogP contribution >= 0.6 is 0 Å². The summed E-state index contributed by atoms with van der Waals surface area (Å²) in [7, 11) is 0. The molecule has 61 nitrogen and oxygen atoms in total. The van der Waals surface area contributed by atoms with Crippen molar-refractivity contribution in [3.05, 3.63) is 0 Å². The first kappa shape index (κ1) is 115. The van der Waals surface area contributed by atoms with Gasteiger partial charge in [-0.3, -0.25) is 24.0 Å². The topological polar surface area (TPSA) is 935 Å². The summed E-state index contributed by atoms with van der Waals surface area (Å²) in [6.45, 7) is -5.54. The molecule has 11 aliphatic heterocycles. The van der Waals surface area contributed by atoms with E-state index in [2.05, 4.69) is 26.6 Å². The molecule has 11 fully saturated rings. The van der Waals surface area contributed by atoms with Crippen molar-refractivity contribution in [2.45, 2.75) is 385 Å². The van der Waals surface area contributed by atoms with E-state index in [1.807, 2.05) is 0 Å². The Balaban J connectivity index is 0.909. The molecule has 11 saturated heterocycles. The Hall–Kier alpha value is -4.69. The van der Waals surface area contributed by atoms with Crippen LogP contribution < -0.4 is 26.6 Å². The maximum Gasteiger partial charge on any atom is 0.217 e. The monoisotopic (exact) mass is 2030 g/mol. The van der Waals surface area contributed by atoms with E-state index in [9.17, 15) is 172 Å². The Bertz CT molecular complexity index is 3810. The minimum absolute atomic E-state index is 0.233. The van der Waals surface area contributed by atoms with E-state index in [-0.39, 0.29) is 6.41 Å². The summed E-state index contributed by atoms with van der Waals surface area (Å²) < 4.78 is 132. The Morgan fingerprint density at radius 1 is 0.252 bits per heavy atom. The van der Waals surface area contributed by atoms with Gasteiger partial charge in [0.25, 0.3) is 0 Å². The van der Waals surface area contributed by atoms with Gasteiger partial charge in [-0.1, -0.05) is 0 Å². The van der Waals surface area contributed by atoms with E-state index in [0.29, 0.717) is 0 Å². The molecule has 139 heavy (non-hydrogen) atoms. The number of rotatable bonds is 39. The number of amides is 5. The number of ether oxygens (including phenoxy) is 22. The third-order valence-corrected chi connectivity index (χ3v) is 25.5. The van der Waals surface area contributed by atoms with Crippen LogP contribution in [-0.4, -0.2) is 594 Å². The predicted octanol–water partition coefficient (Wildman–Crippen LogP) is -23.2. The Morgan fingerprint density at radius 2 is 0.525 bits per heavy atom. The van der Waals surface area contributed by atoms with Crippen LogP contribution in [0.4, 0.5) is 0 Å². The van der Waals surface area contributed by atoms with Crippen molar-refractivity contribution in [1.82, 2.24) is 26.6 Å². The van der Waals surface area contributed by atoms with Crippen LogP contribution in [0.25, 0.3) is 0 Å². The number of hydrogen-bond donors (Lipinski definition) is 34. The predicted molar refractivity (Wildman–Crippen MR) is 430 cm³/mol. The fraction of sp³-hybridized carbons (Fsp3) is 0.936. The van der Waals surface area contributed by atoms with E-state index in [1.54, 1.807) is 0 Å². The van der Waals surface area contributed by atoms with Gasteiger partial charge in [-0.05, 0) is 13.8 Å². The average Bonchev–Trinajstić information content (AvgIpc) is 0.758. The van der Waals surface area contributed by atoms with E-state index in [0.717, 1.165) is 27.7 Å². The van der Waals surface area contributed by atoms with E-state index in [1.165, 1.54) is 13.8 Å². The third-order valence-electron chi connectivity index (χ3n) is 25.5. The lowest BCUT2D eigenvalue weighted by molar-refractivity contribution is -0.400. The highest BCUT2D eigenvalue weighted by atomic mass is 16.8. The van der Waals surface area contributed by atoms with Crippen molar-refractivity contribution in [3.63, 3.8) is 0 Å². The molecule has 0 saturated carbocycles. The van der Waals surface area contributed by atoms with Gasteiger partial charge in [-0.25, -0.2) is 0 Å². The zero-order chi connectivity index (χ0) is 102. The van der Waals surface area contributed by atoms with Crippen LogP contribution in [0.1, 0.15) is 41.5 Å². The second-order valence-electron chi connectivity index (χ2n) is 35.2. The summed E-state index contributed by atoms with van der Waals surface area (Å²) in [4.78, 5) is 63.9. The molecule has 0 aromatic carbocycles. The van der Waals surface area contributed by atoms with E-state index < -0.39 is 440 Å². The van der Waals surface area contributed by atoms with Crippen LogP contribution in [0, 0.1) is 0 Å². The van der Waals surface area contributed by atoms with Crippen molar-refractivity contribution < 1.29 is 276 Å². The molecule has 11 heterocycles. The minimum atomic E-state index is -2.62. The number of hydrogen-bond acceptors (Lipinski definition) is 56. The molecule has 0 aromatic heterocycles. The van der Waals surface area contributed by atoms with Crippen molar-refractivity contribution in [2.24, 2.45) is 0 Å². The number of carbonyl (C=O) groups excluding carboxylic acids is 5. The molecule has 5 amide bonds. The molecule has 11 aliphatic rings. The maximum absolute atomic E-state index is 13.5. The van der Waals surface area contributed by atoms with Gasteiger partial charge in [-0.2, -0.15) is 0 Å². The summed E-state index contributed by atoms with van der Waals surface area (Å²) in [5.41, 5.74) is 0. The van der Waals surface area contributed by atoms with Gasteiger partial charge in [0.1, 0.15) is 256 Å². The van der Waals surface area contributed by atoms with Crippen molar-refractivity contribution in [1.29, 1.82) is 0 Å². The number of aliphatic hydroxyl groups excluding tert-OH is 29. The van der Waals surface area contributed by atoms with Gasteiger partial charge in [0.05, 0.1) is 90.9 Å². The van der Waals surface area contributed by atoms with Crippen LogP contribution in [-0.2, 0) is 128 Å². The standard InChI is InChI=1S/C78H131N5O56/c1-19-39(98)50(109)54(113)73(120-19)138-66-52(111)42(101)27(9-86)124-77(66)133-61-32(14-91)128-71(38(49(61)108)83-24(6)97)136-64-45(104)34(130-76(58(64)117)131-59-31(13-90)127-70(37(48(59)107)82-23(5)96)135-63-43(102)28(10-87)123-75(57(63)116)132-62-33(15-92)129-72(56(115)53(62)112)118-16-25(7-84)79-18-93)17-119-68-36(81-22(4)95)47(106)60(30(12-89)126-68)134-78-67(139-74-55(114)51(110)40(99)20(2)121-74)65(44(103)29(11-88)125-78)137-69-35(80-21(3)94)46(105)41(100)26(8-85)122-69/h18-20,25-78,84-92,98-117H,7-17H2,1-6H3,(H,79,93)(H,80,94)(H,81,95)(H,82,96)(H,83,97)/t19-,20-,25+,26+,27+,28+,29+,30+,31+,32+,33+,34+,35+,36+,37+,38+,39+,40+,41-,42-,43-,44-,45-,46+,47+,48+,49+,50+,51+,52-,53+,54-,55-,56+,57+,58+,59+,60+,61+,62+,63-,64-,65-,66+,67+,68+,69+,70-,71-,72+,73-,74-,75-,76-,77-,78-/m0/s1. The van der Waals surface area contributed by atoms with Crippen LogP contribution in [0.3, 0.4) is 0 Å². The molecule has 0 aromatic rings. The molecular formula is C78H131N5O56. The Labute approximate surface area is 788 Å². The summed E-state index contributed by atoms with van der Waals surface area (Å²) in [6.07, 6.45) is -106. The molecule has 0 unspecified atom stereocenters. The second-order valence-corrected chi connectivity index (χ2v) is 35.2. The molecule has 34 N–H and O–H groups in total. The number of carbonyl (C=O) groups is 5. The quantitative estimate of drug-likeness (QED) is 0.0254. The molecule has 0 spiro atoms. The second kappa shape index (κ2) is 50.8. The number of nitrogens with one attached hydrogen (secondary N) is 5. The molecule has 56 atom stereocenters. The SMILES string of the molecule is CC(=O)N[C@H]1[C@H](O[C@H]2[C@@H](O)[C@@H](CO)O[C@@H](O[C@H]3[C@H](O)[C@@H](O)[C@H](OC[C@@H](CO)NC=O)O[C@@H]3CO)[C@@H]2O)O[C@H](CO)[C@@H](O[C@@H]2O[C@H](CO[C@@H]3O[C@H](CO)[C@@H](O[C@@H]4O[C@H](CO)[C@H](O)[C@H](O[C@H]5O[C@H](CO)[C@H](O)[C@H](O)[C@H]5NC(C)=O)[C@H]4O[C@@H]4O[C@@H](C)[C@@H](O)[C@@H](O)[C@@H]4O)[C@H](O)[C@H]3NC(C)=O)[C@H](O)[C@H](O[C@@H]3O[C@H](CO)[C@@H](O[C@@H]4O[C@H](CO)[C@H](O)[C@H](O)[C@H]4O[C@@H]4O[C@@H](C)[C@@H](O)[C@@H](O)[C@@H]4O)[C@H](O)[C@H]3NC(C)=O)[C@H]2O)[C@@H]1O. The molecule has 61 heteroatoms. The molecule has 0 radical (unpaired) electrons. The summed E-state index contributed by atoms with van der Waals surface area (Å²) in [6, 6.07) is -9.08. The average molecular weight is 2030 g/mol. The molecule has 0 aliphatic carbocycles. The van der Waals surface area contributed by atoms with E-state index in [4.69, 9.17) is 104 Å². The largest absolute Gasteiger partial charge is 0.394 e. The van der Waals surface area contributed by atoms with E-state index >= 15 is 0 Å². The van der Waals surface area contributed by atoms with Gasteiger partial charge >= 0.3 is 0 Å². The Kier molecular flexibility index (Phi) is 41.9. The Morgan fingerprint density at radius 3 is 0.928 bits per heavy atom. The van der Waals surface area contributed by atoms with Gasteiger partial charge in [0.15, 0.2) is 69.2 Å². The molecular weight excluding hydrogens is 1900 g/mol. The van der Waals surface area contributed by atoms with Crippen LogP contribution in [0.5, 0.6) is 0 Å². The molecule has 804 valence electrons. The van der Waals surface area contributed by atoms with Crippen LogP contribution in [0.15, 0.2) is 0 Å². The summed E-state index contributed by atoms with van der Waals surface area (Å²) in [5.74, 6) is -3.97. The highest BCUT2D eigenvalue weighted by molar-refractivity contribution is 5.74. The number of aliphatic hydroxyl groups is 29. The minimum Gasteiger partial charge on any atom is -0.394 e. The van der Waals surface area contributed by atoms with Crippen molar-refractivity contribution in [3.8, 4) is 0 Å². The smallest absolute Gasteiger partial charge is 0.217 e. The third kappa shape index (κ3) is 25.8. The lowest BCUT2D eigenvalue weighted by Gasteiger charge is -2.51. The van der Waals surface area contributed by atoms with Gasteiger partial charge in [-0.15, -0.1) is 0 Å². The lowest BCUT2D eigenvalue weighted by atomic mass is 9.93. The normalized spacial score (nSPS) is 48.6. The van der Waals surface area contributed by atoms with Crippen molar-refractivity contribution >= 4 is 30.0 Å². The first-order chi connectivity index (χ1) is 65.9.